The van der Waals surface area contributed by atoms with E-state index in [1.165, 1.54) is 0 Å². The molecule has 1 aromatic heterocycles. The second kappa shape index (κ2) is 8.63. The highest BCUT2D eigenvalue weighted by atomic mass is 16.2. The fourth-order valence-corrected chi connectivity index (χ4v) is 4.06. The van der Waals surface area contributed by atoms with Gasteiger partial charge in [-0.3, -0.25) is 9.59 Å². The van der Waals surface area contributed by atoms with Gasteiger partial charge in [0.15, 0.2) is 0 Å². The lowest BCUT2D eigenvalue weighted by molar-refractivity contribution is 0.0705. The van der Waals surface area contributed by atoms with Crippen LogP contribution in [0.15, 0.2) is 60.8 Å². The molecule has 3 aromatic rings. The van der Waals surface area contributed by atoms with E-state index in [9.17, 15) is 9.59 Å². The monoisotopic (exact) mass is 417 g/mol. The van der Waals surface area contributed by atoms with Gasteiger partial charge in [0.05, 0.1) is 16.9 Å². The summed E-state index contributed by atoms with van der Waals surface area (Å²) in [5, 5.41) is 4.70. The van der Waals surface area contributed by atoms with Gasteiger partial charge in [-0.25, -0.2) is 4.68 Å². The topological polar surface area (TPSA) is 84.5 Å². The maximum absolute atomic E-state index is 13.1. The number of aromatic nitrogens is 2. The molecule has 1 saturated heterocycles. The fourth-order valence-electron chi connectivity index (χ4n) is 4.06. The molecule has 31 heavy (non-hydrogen) atoms. The number of carbonyl (C=O) groups excluding carboxylic acids is 2. The molecule has 0 aliphatic carbocycles. The number of piperidine rings is 1. The van der Waals surface area contributed by atoms with Crippen molar-refractivity contribution in [2.45, 2.75) is 18.8 Å². The van der Waals surface area contributed by atoms with Crippen LogP contribution < -0.4 is 10.6 Å². The minimum atomic E-state index is -0.500. The van der Waals surface area contributed by atoms with Crippen molar-refractivity contribution in [1.29, 1.82) is 0 Å². The van der Waals surface area contributed by atoms with Crippen LogP contribution in [0.3, 0.4) is 0 Å². The molecule has 2 heterocycles. The van der Waals surface area contributed by atoms with Crippen LogP contribution in [0.4, 0.5) is 5.69 Å². The van der Waals surface area contributed by atoms with Gasteiger partial charge in [0.25, 0.3) is 11.8 Å². The molecule has 1 unspecified atom stereocenters. The average molecular weight is 418 g/mol. The largest absolute Gasteiger partial charge is 0.378 e. The van der Waals surface area contributed by atoms with E-state index in [1.54, 1.807) is 10.9 Å². The summed E-state index contributed by atoms with van der Waals surface area (Å²) in [6.07, 6.45) is 3.39. The average Bonchev–Trinajstić information content (AvgIpc) is 3.25. The maximum Gasteiger partial charge on any atom is 0.253 e. The molecule has 1 atom stereocenters. The molecule has 0 bridgehead atoms. The van der Waals surface area contributed by atoms with E-state index < -0.39 is 5.91 Å². The lowest BCUT2D eigenvalue weighted by Crippen LogP contribution is -2.39. The number of likely N-dealkylation sites (tertiary alicyclic amines) is 1. The first kappa shape index (κ1) is 20.7. The molecule has 0 spiro atoms. The molecule has 2 amide bonds. The van der Waals surface area contributed by atoms with Crippen molar-refractivity contribution in [3.05, 3.63) is 77.6 Å². The zero-order chi connectivity index (χ0) is 22.0. The van der Waals surface area contributed by atoms with Crippen molar-refractivity contribution in [2.24, 2.45) is 5.73 Å². The summed E-state index contributed by atoms with van der Waals surface area (Å²) in [6, 6.07) is 17.2. The Kier molecular flexibility index (Phi) is 5.75. The Morgan fingerprint density at radius 3 is 2.42 bits per heavy atom. The van der Waals surface area contributed by atoms with Gasteiger partial charge in [0.1, 0.15) is 0 Å². The van der Waals surface area contributed by atoms with Crippen molar-refractivity contribution in [1.82, 2.24) is 14.7 Å². The zero-order valence-corrected chi connectivity index (χ0v) is 17.9. The second-order valence-electron chi connectivity index (χ2n) is 8.10. The van der Waals surface area contributed by atoms with Gasteiger partial charge in [0.2, 0.25) is 0 Å². The lowest BCUT2D eigenvalue weighted by atomic mass is 9.92. The molecule has 2 N–H and O–H groups in total. The summed E-state index contributed by atoms with van der Waals surface area (Å²) < 4.78 is 1.69. The number of nitrogens with two attached hydrogens (primary N) is 1. The first-order chi connectivity index (χ1) is 14.9. The predicted octanol–water partition coefficient (Wildman–Crippen LogP) is 3.06. The number of hydrogen-bond donors (Lipinski definition) is 1. The van der Waals surface area contributed by atoms with Crippen LogP contribution in [-0.4, -0.2) is 53.7 Å². The van der Waals surface area contributed by atoms with Crippen LogP contribution in [-0.2, 0) is 0 Å². The summed E-state index contributed by atoms with van der Waals surface area (Å²) in [6.45, 7) is 1.20. The van der Waals surface area contributed by atoms with Crippen LogP contribution in [0.2, 0.25) is 0 Å². The fraction of sp³-hybridized carbons (Fsp3) is 0.292. The first-order valence-electron chi connectivity index (χ1n) is 10.5. The number of primary amides is 1. The Hall–Kier alpha value is -3.61. The third-order valence-electron chi connectivity index (χ3n) is 5.75. The molecule has 0 radical (unpaired) electrons. The first-order valence-corrected chi connectivity index (χ1v) is 10.5. The van der Waals surface area contributed by atoms with Crippen molar-refractivity contribution in [3.63, 3.8) is 0 Å². The molecule has 7 heteroatoms. The molecule has 7 nitrogen and oxygen atoms in total. The summed E-state index contributed by atoms with van der Waals surface area (Å²) in [4.78, 5) is 29.1. The molecule has 1 fully saturated rings. The molecule has 2 aromatic carbocycles. The summed E-state index contributed by atoms with van der Waals surface area (Å²) in [5.41, 5.74) is 9.31. The highest BCUT2D eigenvalue weighted by Crippen LogP contribution is 2.30. The molecule has 1 aliphatic rings. The summed E-state index contributed by atoms with van der Waals surface area (Å²) >= 11 is 0. The van der Waals surface area contributed by atoms with E-state index in [1.807, 2.05) is 78.5 Å². The normalized spacial score (nSPS) is 16.2. The summed E-state index contributed by atoms with van der Waals surface area (Å²) in [5.74, 6) is -0.538. The highest BCUT2D eigenvalue weighted by molar-refractivity contribution is 5.95. The Morgan fingerprint density at radius 2 is 1.77 bits per heavy atom. The van der Waals surface area contributed by atoms with Gasteiger partial charge in [0, 0.05) is 50.6 Å². The van der Waals surface area contributed by atoms with E-state index in [2.05, 4.69) is 0 Å². The Balaban J connectivity index is 1.57. The number of hydrogen-bond acceptors (Lipinski definition) is 4. The Morgan fingerprint density at radius 1 is 1.06 bits per heavy atom. The van der Waals surface area contributed by atoms with E-state index in [0.29, 0.717) is 29.9 Å². The van der Waals surface area contributed by atoms with Crippen molar-refractivity contribution in [3.8, 4) is 5.69 Å². The molecule has 0 saturated carbocycles. The van der Waals surface area contributed by atoms with Crippen LogP contribution in [0.5, 0.6) is 0 Å². The number of benzene rings is 2. The standard InChI is InChI=1S/C24H27N5O2/c1-27(2)19-12-10-17(11-13-19)24(31)28-14-6-7-18(15-28)22-21(23(25)30)16-29(26-22)20-8-4-3-5-9-20/h3-5,8-13,16,18H,6-7,14-15H2,1-2H3,(H2,25,30). The molecular formula is C24H27N5O2. The van der Waals surface area contributed by atoms with Gasteiger partial charge in [-0.1, -0.05) is 18.2 Å². The van der Waals surface area contributed by atoms with Crippen LogP contribution in [0.25, 0.3) is 5.69 Å². The maximum atomic E-state index is 13.1. The SMILES string of the molecule is CN(C)c1ccc(C(=O)N2CCCC(c3nn(-c4ccccc4)cc3C(N)=O)C2)cc1. The van der Waals surface area contributed by atoms with Crippen LogP contribution in [0.1, 0.15) is 45.2 Å². The van der Waals surface area contributed by atoms with Crippen molar-refractivity contribution < 1.29 is 9.59 Å². The van der Waals surface area contributed by atoms with E-state index in [0.717, 1.165) is 24.2 Å². The number of carbonyl (C=O) groups is 2. The van der Waals surface area contributed by atoms with Gasteiger partial charge < -0.3 is 15.5 Å². The quantitative estimate of drug-likeness (QED) is 0.692. The number of para-hydroxylation sites is 1. The minimum absolute atomic E-state index is 0.00174. The number of anilines is 1. The Labute approximate surface area is 182 Å². The summed E-state index contributed by atoms with van der Waals surface area (Å²) in [7, 11) is 3.94. The third kappa shape index (κ3) is 4.30. The predicted molar refractivity (Wildman–Crippen MR) is 121 cm³/mol. The third-order valence-corrected chi connectivity index (χ3v) is 5.75. The number of amides is 2. The van der Waals surface area contributed by atoms with Gasteiger partial charge in [-0.05, 0) is 49.2 Å². The zero-order valence-electron chi connectivity index (χ0n) is 17.9. The molecule has 160 valence electrons. The van der Waals surface area contributed by atoms with Gasteiger partial charge in [-0.15, -0.1) is 0 Å². The van der Waals surface area contributed by atoms with E-state index >= 15 is 0 Å². The molecular weight excluding hydrogens is 390 g/mol. The van der Waals surface area contributed by atoms with E-state index in [-0.39, 0.29) is 11.8 Å². The van der Waals surface area contributed by atoms with Gasteiger partial charge in [-0.2, -0.15) is 5.10 Å². The second-order valence-corrected chi connectivity index (χ2v) is 8.10. The Bertz CT molecular complexity index is 1070. The molecule has 1 aliphatic heterocycles. The van der Waals surface area contributed by atoms with Crippen LogP contribution in [0, 0.1) is 0 Å². The number of rotatable bonds is 5. The number of nitrogens with zero attached hydrogens (tertiary/aromatic N) is 4. The van der Waals surface area contributed by atoms with Crippen molar-refractivity contribution >= 4 is 17.5 Å². The molecule has 4 rings (SSSR count). The van der Waals surface area contributed by atoms with Gasteiger partial charge >= 0.3 is 0 Å². The minimum Gasteiger partial charge on any atom is -0.378 e. The lowest BCUT2D eigenvalue weighted by Gasteiger charge is -2.32. The van der Waals surface area contributed by atoms with E-state index in [4.69, 9.17) is 10.8 Å². The van der Waals surface area contributed by atoms with Crippen LogP contribution >= 0.6 is 0 Å². The smallest absolute Gasteiger partial charge is 0.253 e. The highest BCUT2D eigenvalue weighted by Gasteiger charge is 2.30. The van der Waals surface area contributed by atoms with Crippen molar-refractivity contribution in [2.75, 3.05) is 32.1 Å².